The first-order chi connectivity index (χ1) is 10.5. The zero-order valence-corrected chi connectivity index (χ0v) is 14.0. The second-order valence-corrected chi connectivity index (χ2v) is 5.48. The molecule has 1 heterocycles. The lowest BCUT2D eigenvalue weighted by Gasteiger charge is -2.18. The lowest BCUT2D eigenvalue weighted by molar-refractivity contribution is 0.684. The predicted molar refractivity (Wildman–Crippen MR) is 90.9 cm³/mol. The number of nitrogens with zero attached hydrogens (tertiary/aromatic N) is 3. The molecule has 5 heteroatoms. The van der Waals surface area contributed by atoms with Crippen molar-refractivity contribution in [2.45, 2.75) is 33.4 Å². The fraction of sp³-hybridized carbons (Fsp3) is 0.412. The summed E-state index contributed by atoms with van der Waals surface area (Å²) in [4.78, 5) is 4.30. The highest BCUT2D eigenvalue weighted by Crippen LogP contribution is 2.12. The smallest absolute Gasteiger partial charge is 0.191 e. The van der Waals surface area contributed by atoms with Crippen LogP contribution >= 0.6 is 0 Å². The van der Waals surface area contributed by atoms with Crippen LogP contribution in [0.3, 0.4) is 0 Å². The molecule has 0 saturated carbocycles. The van der Waals surface area contributed by atoms with Crippen molar-refractivity contribution in [2.75, 3.05) is 7.05 Å². The van der Waals surface area contributed by atoms with Gasteiger partial charge in [-0.2, -0.15) is 5.10 Å². The molecule has 0 aliphatic carbocycles. The second-order valence-electron chi connectivity index (χ2n) is 5.48. The molecule has 2 rings (SSSR count). The van der Waals surface area contributed by atoms with Crippen LogP contribution in [0.1, 0.15) is 35.5 Å². The first kappa shape index (κ1) is 16.1. The third kappa shape index (κ3) is 3.67. The number of benzene rings is 1. The molecule has 5 nitrogen and oxygen atoms in total. The molecular weight excluding hydrogens is 274 g/mol. The van der Waals surface area contributed by atoms with E-state index in [0.717, 1.165) is 11.7 Å². The Morgan fingerprint density at radius 3 is 2.50 bits per heavy atom. The first-order valence-electron chi connectivity index (χ1n) is 7.54. The molecule has 0 saturated heterocycles. The van der Waals surface area contributed by atoms with Gasteiger partial charge < -0.3 is 10.6 Å². The topological polar surface area (TPSA) is 54.2 Å². The predicted octanol–water partition coefficient (Wildman–Crippen LogP) is 2.46. The quantitative estimate of drug-likeness (QED) is 0.673. The number of rotatable bonds is 4. The van der Waals surface area contributed by atoms with E-state index < -0.39 is 0 Å². The standard InChI is InChI=1S/C17H25N5/c1-12(15-9-7-6-8-10-15)20-17(18-4)19-11-16-13(2)21-22(5)14(16)3/h6-10,12H,11H2,1-5H3,(H2,18,19,20). The van der Waals surface area contributed by atoms with Gasteiger partial charge in [0.1, 0.15) is 0 Å². The maximum absolute atomic E-state index is 4.44. The highest BCUT2D eigenvalue weighted by Gasteiger charge is 2.11. The zero-order valence-electron chi connectivity index (χ0n) is 14.0. The van der Waals surface area contributed by atoms with Gasteiger partial charge in [-0.15, -0.1) is 0 Å². The van der Waals surface area contributed by atoms with E-state index in [-0.39, 0.29) is 6.04 Å². The van der Waals surface area contributed by atoms with Crippen molar-refractivity contribution in [1.29, 1.82) is 0 Å². The first-order valence-corrected chi connectivity index (χ1v) is 7.54. The number of aromatic nitrogens is 2. The van der Waals surface area contributed by atoms with Crippen LogP contribution in [-0.4, -0.2) is 22.8 Å². The maximum Gasteiger partial charge on any atom is 0.191 e. The number of aliphatic imine (C=N–C) groups is 1. The van der Waals surface area contributed by atoms with Gasteiger partial charge in [-0.25, -0.2) is 0 Å². The van der Waals surface area contributed by atoms with Crippen LogP contribution in [0.5, 0.6) is 0 Å². The summed E-state index contributed by atoms with van der Waals surface area (Å²) in [6.45, 7) is 6.96. The number of nitrogens with one attached hydrogen (secondary N) is 2. The van der Waals surface area contributed by atoms with Crippen LogP contribution in [0.25, 0.3) is 0 Å². The third-order valence-corrected chi connectivity index (χ3v) is 3.97. The molecule has 0 radical (unpaired) electrons. The van der Waals surface area contributed by atoms with E-state index in [4.69, 9.17) is 0 Å². The summed E-state index contributed by atoms with van der Waals surface area (Å²) < 4.78 is 1.91. The van der Waals surface area contributed by atoms with Crippen molar-refractivity contribution in [1.82, 2.24) is 20.4 Å². The normalized spacial score (nSPS) is 13.0. The second kappa shape index (κ2) is 7.11. The van der Waals surface area contributed by atoms with Gasteiger partial charge in [0.15, 0.2) is 5.96 Å². The summed E-state index contributed by atoms with van der Waals surface area (Å²) in [6.07, 6.45) is 0. The molecule has 118 valence electrons. The van der Waals surface area contributed by atoms with Crippen LogP contribution < -0.4 is 10.6 Å². The molecule has 1 atom stereocenters. The van der Waals surface area contributed by atoms with Crippen molar-refractivity contribution < 1.29 is 0 Å². The molecule has 0 aliphatic heterocycles. The van der Waals surface area contributed by atoms with E-state index in [1.54, 1.807) is 7.05 Å². The molecule has 0 fully saturated rings. The monoisotopic (exact) mass is 299 g/mol. The van der Waals surface area contributed by atoms with Gasteiger partial charge in [0.2, 0.25) is 0 Å². The summed E-state index contributed by atoms with van der Waals surface area (Å²) in [7, 11) is 3.76. The minimum absolute atomic E-state index is 0.198. The van der Waals surface area contributed by atoms with E-state index in [9.17, 15) is 0 Å². The van der Waals surface area contributed by atoms with Crippen molar-refractivity contribution in [3.63, 3.8) is 0 Å². The molecule has 1 aromatic carbocycles. The minimum atomic E-state index is 0.198. The highest BCUT2D eigenvalue weighted by atomic mass is 15.3. The van der Waals surface area contributed by atoms with Crippen molar-refractivity contribution in [2.24, 2.45) is 12.0 Å². The van der Waals surface area contributed by atoms with E-state index in [2.05, 4.69) is 46.7 Å². The Hall–Kier alpha value is -2.30. The number of aryl methyl sites for hydroxylation is 2. The van der Waals surface area contributed by atoms with Crippen molar-refractivity contribution in [3.8, 4) is 0 Å². The SMILES string of the molecule is CN=C(NCc1c(C)nn(C)c1C)NC(C)c1ccccc1. The minimum Gasteiger partial charge on any atom is -0.352 e. The molecule has 2 N–H and O–H groups in total. The summed E-state index contributed by atoms with van der Waals surface area (Å²) >= 11 is 0. The Kier molecular flexibility index (Phi) is 5.20. The lowest BCUT2D eigenvalue weighted by atomic mass is 10.1. The van der Waals surface area contributed by atoms with Crippen LogP contribution in [0.4, 0.5) is 0 Å². The van der Waals surface area contributed by atoms with Gasteiger partial charge in [0.05, 0.1) is 11.7 Å². The number of hydrogen-bond donors (Lipinski definition) is 2. The van der Waals surface area contributed by atoms with Gasteiger partial charge >= 0.3 is 0 Å². The Morgan fingerprint density at radius 2 is 1.95 bits per heavy atom. The van der Waals surface area contributed by atoms with Crippen molar-refractivity contribution in [3.05, 3.63) is 52.8 Å². The van der Waals surface area contributed by atoms with Crippen LogP contribution in [-0.2, 0) is 13.6 Å². The van der Waals surface area contributed by atoms with E-state index in [1.807, 2.05) is 36.9 Å². The summed E-state index contributed by atoms with van der Waals surface area (Å²) in [5.74, 6) is 0.791. The average Bonchev–Trinajstić information content (AvgIpc) is 2.77. The van der Waals surface area contributed by atoms with Crippen molar-refractivity contribution >= 4 is 5.96 Å². The molecule has 1 unspecified atom stereocenters. The van der Waals surface area contributed by atoms with Gasteiger partial charge in [-0.1, -0.05) is 30.3 Å². The van der Waals surface area contributed by atoms with Gasteiger partial charge in [-0.3, -0.25) is 9.67 Å². The molecule has 0 aliphatic rings. The molecular formula is C17H25N5. The number of hydrogen-bond acceptors (Lipinski definition) is 2. The molecule has 0 amide bonds. The van der Waals surface area contributed by atoms with Crippen LogP contribution in [0, 0.1) is 13.8 Å². The van der Waals surface area contributed by atoms with Gasteiger partial charge in [0, 0.05) is 31.9 Å². The summed E-state index contributed by atoms with van der Waals surface area (Å²) in [5, 5.41) is 11.2. The maximum atomic E-state index is 4.44. The molecule has 0 bridgehead atoms. The van der Waals surface area contributed by atoms with E-state index in [0.29, 0.717) is 6.54 Å². The van der Waals surface area contributed by atoms with Gasteiger partial charge in [0.25, 0.3) is 0 Å². The lowest BCUT2D eigenvalue weighted by Crippen LogP contribution is -2.38. The van der Waals surface area contributed by atoms with E-state index in [1.165, 1.54) is 16.8 Å². The molecule has 0 spiro atoms. The highest BCUT2D eigenvalue weighted by molar-refractivity contribution is 5.80. The molecule has 22 heavy (non-hydrogen) atoms. The molecule has 2 aromatic rings. The largest absolute Gasteiger partial charge is 0.352 e. The number of guanidine groups is 1. The Bertz CT molecular complexity index is 643. The summed E-state index contributed by atoms with van der Waals surface area (Å²) in [6, 6.07) is 10.5. The summed E-state index contributed by atoms with van der Waals surface area (Å²) in [5.41, 5.74) is 4.69. The Balaban J connectivity index is 1.99. The van der Waals surface area contributed by atoms with Crippen LogP contribution in [0.2, 0.25) is 0 Å². The van der Waals surface area contributed by atoms with Gasteiger partial charge in [-0.05, 0) is 26.3 Å². The fourth-order valence-corrected chi connectivity index (χ4v) is 2.47. The Morgan fingerprint density at radius 1 is 1.27 bits per heavy atom. The average molecular weight is 299 g/mol. The molecule has 1 aromatic heterocycles. The van der Waals surface area contributed by atoms with Crippen LogP contribution in [0.15, 0.2) is 35.3 Å². The zero-order chi connectivity index (χ0) is 16.1. The fourth-order valence-electron chi connectivity index (χ4n) is 2.47. The van der Waals surface area contributed by atoms with E-state index >= 15 is 0 Å². The Labute approximate surface area is 132 Å². The third-order valence-electron chi connectivity index (χ3n) is 3.97.